The van der Waals surface area contributed by atoms with E-state index >= 15 is 0 Å². The first kappa shape index (κ1) is 57.8. The highest BCUT2D eigenvalue weighted by Gasteiger charge is 2.44. The standard InChI is InChI=1S/C51H91NO10/c1-3-5-7-9-11-13-15-17-19-21-22-23-25-26-28-30-32-34-36-38-43(54)46(56)42(41-61-51-49(59)48(58)47(57)45(40-53)62-51)52-50(60)44(55)39-37-35-33-31-29-27-24-20-18-16-14-12-10-8-6-4-2/h12,14,17-20,23,25,30,32,42-49,51,53-59H,3-11,13,15-16,21-22,24,26-29,31,33-41H2,1-2H3,(H,52,60)/b14-12-,19-17+,20-18-,25-23+,32-30+. The van der Waals surface area contributed by atoms with Crippen LogP contribution in [0.5, 0.6) is 0 Å². The number of unbranched alkanes of at least 4 members (excludes halogenated alkanes) is 18. The van der Waals surface area contributed by atoms with Gasteiger partial charge in [-0.15, -0.1) is 0 Å². The lowest BCUT2D eigenvalue weighted by Gasteiger charge is -2.40. The Bertz CT molecular complexity index is 1190. The molecule has 0 aliphatic carbocycles. The molecular weight excluding hydrogens is 787 g/mol. The number of aliphatic hydroxyl groups excluding tert-OH is 7. The van der Waals surface area contributed by atoms with Crippen molar-refractivity contribution in [3.8, 4) is 0 Å². The average molecular weight is 878 g/mol. The number of carbonyl (C=O) groups excluding carboxylic acids is 1. The Morgan fingerprint density at radius 3 is 1.56 bits per heavy atom. The number of allylic oxidation sites excluding steroid dienone is 10. The molecule has 11 nitrogen and oxygen atoms in total. The molecule has 1 amide bonds. The Morgan fingerprint density at radius 1 is 0.565 bits per heavy atom. The topological polar surface area (TPSA) is 189 Å². The van der Waals surface area contributed by atoms with Gasteiger partial charge in [0.25, 0.3) is 0 Å². The molecule has 360 valence electrons. The van der Waals surface area contributed by atoms with Crippen molar-refractivity contribution in [3.05, 3.63) is 60.8 Å². The highest BCUT2D eigenvalue weighted by molar-refractivity contribution is 5.80. The number of rotatable bonds is 40. The summed E-state index contributed by atoms with van der Waals surface area (Å²) in [6, 6.07) is -1.20. The van der Waals surface area contributed by atoms with Crippen molar-refractivity contribution in [2.45, 2.75) is 242 Å². The molecule has 62 heavy (non-hydrogen) atoms. The molecule has 8 N–H and O–H groups in total. The average Bonchev–Trinajstić information content (AvgIpc) is 3.27. The minimum absolute atomic E-state index is 0.234. The molecule has 0 aromatic heterocycles. The molecule has 1 fully saturated rings. The van der Waals surface area contributed by atoms with Crippen LogP contribution in [0, 0.1) is 0 Å². The first-order valence-electron chi connectivity index (χ1n) is 24.7. The molecule has 0 saturated carbocycles. The predicted octanol–water partition coefficient (Wildman–Crippen LogP) is 8.72. The third-order valence-corrected chi connectivity index (χ3v) is 11.5. The summed E-state index contributed by atoms with van der Waals surface area (Å²) >= 11 is 0. The second-order valence-electron chi connectivity index (χ2n) is 17.1. The van der Waals surface area contributed by atoms with Crippen LogP contribution >= 0.6 is 0 Å². The molecule has 0 radical (unpaired) electrons. The minimum Gasteiger partial charge on any atom is -0.394 e. The van der Waals surface area contributed by atoms with E-state index in [2.05, 4.69) is 79.9 Å². The number of ether oxygens (including phenoxy) is 2. The van der Waals surface area contributed by atoms with Crippen LogP contribution in [0.4, 0.5) is 0 Å². The SMILES string of the molecule is CCCCC/C=C\C/C=C\CCCCCCCCC(O)C(=O)NC(COC1OC(CO)C(O)C(O)C1O)C(O)C(O)CCC/C=C/CC/C=C/CC/C=C/CCCCCCCC. The lowest BCUT2D eigenvalue weighted by Crippen LogP contribution is -2.60. The van der Waals surface area contributed by atoms with Gasteiger partial charge in [0.2, 0.25) is 5.91 Å². The van der Waals surface area contributed by atoms with Gasteiger partial charge in [-0.25, -0.2) is 0 Å². The summed E-state index contributed by atoms with van der Waals surface area (Å²) in [6.07, 6.45) is 38.3. The number of amides is 1. The Labute approximate surface area is 376 Å². The summed E-state index contributed by atoms with van der Waals surface area (Å²) in [5.74, 6) is -0.724. The molecule has 1 aliphatic heterocycles. The smallest absolute Gasteiger partial charge is 0.249 e. The van der Waals surface area contributed by atoms with Crippen molar-refractivity contribution in [2.75, 3.05) is 13.2 Å². The van der Waals surface area contributed by atoms with Crippen LogP contribution in [0.3, 0.4) is 0 Å². The van der Waals surface area contributed by atoms with Crippen molar-refractivity contribution in [1.29, 1.82) is 0 Å². The number of nitrogens with one attached hydrogen (secondary N) is 1. The van der Waals surface area contributed by atoms with Crippen LogP contribution in [-0.4, -0.2) is 110 Å². The Morgan fingerprint density at radius 2 is 1.02 bits per heavy atom. The van der Waals surface area contributed by atoms with Gasteiger partial charge in [-0.2, -0.15) is 0 Å². The van der Waals surface area contributed by atoms with Crippen LogP contribution < -0.4 is 5.32 Å². The van der Waals surface area contributed by atoms with E-state index in [4.69, 9.17) is 9.47 Å². The van der Waals surface area contributed by atoms with Gasteiger partial charge in [-0.05, 0) is 96.3 Å². The van der Waals surface area contributed by atoms with Crippen molar-refractivity contribution < 1.29 is 50.0 Å². The van der Waals surface area contributed by atoms with E-state index in [0.717, 1.165) is 77.0 Å². The summed E-state index contributed by atoms with van der Waals surface area (Å²) in [5, 5.41) is 75.7. The molecule has 0 spiro atoms. The summed E-state index contributed by atoms with van der Waals surface area (Å²) < 4.78 is 11.1. The van der Waals surface area contributed by atoms with Crippen molar-refractivity contribution in [2.24, 2.45) is 0 Å². The van der Waals surface area contributed by atoms with E-state index in [-0.39, 0.29) is 12.8 Å². The molecule has 1 saturated heterocycles. The van der Waals surface area contributed by atoms with Crippen LogP contribution in [0.25, 0.3) is 0 Å². The summed E-state index contributed by atoms with van der Waals surface area (Å²) in [7, 11) is 0. The third-order valence-electron chi connectivity index (χ3n) is 11.5. The maximum absolute atomic E-state index is 13.1. The minimum atomic E-state index is -1.68. The highest BCUT2D eigenvalue weighted by atomic mass is 16.7. The number of hydrogen-bond donors (Lipinski definition) is 8. The Kier molecular flexibility index (Phi) is 37.6. The van der Waals surface area contributed by atoms with Gasteiger partial charge < -0.3 is 50.5 Å². The fourth-order valence-corrected chi connectivity index (χ4v) is 7.38. The van der Waals surface area contributed by atoms with Gasteiger partial charge in [-0.1, -0.05) is 152 Å². The molecule has 0 bridgehead atoms. The molecular formula is C51H91NO10. The second-order valence-corrected chi connectivity index (χ2v) is 17.1. The molecule has 1 aliphatic rings. The van der Waals surface area contributed by atoms with E-state index in [9.17, 15) is 40.5 Å². The fourth-order valence-electron chi connectivity index (χ4n) is 7.38. The number of hydrogen-bond acceptors (Lipinski definition) is 10. The molecule has 1 heterocycles. The van der Waals surface area contributed by atoms with Gasteiger partial charge in [0.1, 0.15) is 36.6 Å². The Hall–Kier alpha value is -2.19. The van der Waals surface area contributed by atoms with Crippen molar-refractivity contribution in [1.82, 2.24) is 5.32 Å². The van der Waals surface area contributed by atoms with Gasteiger partial charge >= 0.3 is 0 Å². The predicted molar refractivity (Wildman–Crippen MR) is 251 cm³/mol. The van der Waals surface area contributed by atoms with Gasteiger partial charge in [-0.3, -0.25) is 4.79 Å². The zero-order valence-corrected chi connectivity index (χ0v) is 38.8. The second kappa shape index (κ2) is 40.3. The number of carbonyl (C=O) groups is 1. The molecule has 9 atom stereocenters. The van der Waals surface area contributed by atoms with Gasteiger partial charge in [0.15, 0.2) is 6.29 Å². The normalized spacial score (nSPS) is 21.9. The summed E-state index contributed by atoms with van der Waals surface area (Å²) in [6.45, 7) is 3.37. The lowest BCUT2D eigenvalue weighted by molar-refractivity contribution is -0.303. The van der Waals surface area contributed by atoms with E-state index in [0.29, 0.717) is 19.3 Å². The van der Waals surface area contributed by atoms with Crippen LogP contribution in [-0.2, 0) is 14.3 Å². The molecule has 0 aromatic rings. The maximum Gasteiger partial charge on any atom is 0.249 e. The monoisotopic (exact) mass is 878 g/mol. The first-order chi connectivity index (χ1) is 30.2. The van der Waals surface area contributed by atoms with Crippen molar-refractivity contribution >= 4 is 5.91 Å². The first-order valence-corrected chi connectivity index (χ1v) is 24.7. The molecule has 11 heteroatoms. The number of aliphatic hydroxyl groups is 7. The van der Waals surface area contributed by atoms with E-state index in [1.807, 2.05) is 0 Å². The van der Waals surface area contributed by atoms with Crippen LogP contribution in [0.1, 0.15) is 187 Å². The van der Waals surface area contributed by atoms with Gasteiger partial charge in [0.05, 0.1) is 25.4 Å². The zero-order valence-electron chi connectivity index (χ0n) is 38.8. The van der Waals surface area contributed by atoms with Crippen molar-refractivity contribution in [3.63, 3.8) is 0 Å². The molecule has 1 rings (SSSR count). The quantitative estimate of drug-likeness (QED) is 0.0218. The fraction of sp³-hybridized carbons (Fsp3) is 0.784. The maximum atomic E-state index is 13.1. The lowest BCUT2D eigenvalue weighted by atomic mass is 9.98. The third kappa shape index (κ3) is 29.3. The van der Waals surface area contributed by atoms with E-state index < -0.39 is 74.2 Å². The Balaban J connectivity index is 2.48. The van der Waals surface area contributed by atoms with E-state index in [1.54, 1.807) is 0 Å². The molecule has 9 unspecified atom stereocenters. The van der Waals surface area contributed by atoms with Crippen LogP contribution in [0.15, 0.2) is 60.8 Å². The van der Waals surface area contributed by atoms with Crippen LogP contribution in [0.2, 0.25) is 0 Å². The van der Waals surface area contributed by atoms with Gasteiger partial charge in [0, 0.05) is 0 Å². The van der Waals surface area contributed by atoms with E-state index in [1.165, 1.54) is 64.2 Å². The molecule has 0 aromatic carbocycles. The summed E-state index contributed by atoms with van der Waals surface area (Å²) in [4.78, 5) is 13.1. The highest BCUT2D eigenvalue weighted by Crippen LogP contribution is 2.23. The largest absolute Gasteiger partial charge is 0.394 e. The zero-order chi connectivity index (χ0) is 45.5. The summed E-state index contributed by atoms with van der Waals surface area (Å²) in [5.41, 5.74) is 0.